The maximum absolute atomic E-state index is 3.62. The summed E-state index contributed by atoms with van der Waals surface area (Å²) >= 11 is 0. The molecule has 1 nitrogen and oxygen atoms in total. The van der Waals surface area contributed by atoms with Gasteiger partial charge in [0.05, 0.1) is 0 Å². The van der Waals surface area contributed by atoms with Crippen molar-refractivity contribution in [3.05, 3.63) is 35.4 Å². The lowest BCUT2D eigenvalue weighted by molar-refractivity contribution is 0.0756. The highest BCUT2D eigenvalue weighted by Crippen LogP contribution is 2.58. The highest BCUT2D eigenvalue weighted by molar-refractivity contribution is 5.40. The van der Waals surface area contributed by atoms with Gasteiger partial charge in [0.1, 0.15) is 0 Å². The first-order chi connectivity index (χ1) is 9.04. The Labute approximate surface area is 117 Å². The molecule has 0 aliphatic heterocycles. The van der Waals surface area contributed by atoms with Gasteiger partial charge in [0.25, 0.3) is 0 Å². The van der Waals surface area contributed by atoms with Gasteiger partial charge in [-0.3, -0.25) is 0 Å². The average molecular weight is 257 g/mol. The molecule has 1 aromatic rings. The molecule has 2 aliphatic rings. The Bertz CT molecular complexity index is 432. The molecular weight excluding hydrogens is 230 g/mol. The van der Waals surface area contributed by atoms with Crippen molar-refractivity contribution in [2.45, 2.75) is 52.0 Å². The van der Waals surface area contributed by atoms with Crippen molar-refractivity contribution in [1.29, 1.82) is 0 Å². The summed E-state index contributed by atoms with van der Waals surface area (Å²) in [6.07, 6.45) is 4.18. The molecule has 1 fully saturated rings. The van der Waals surface area contributed by atoms with Crippen LogP contribution in [0.2, 0.25) is 0 Å². The third kappa shape index (κ3) is 2.03. The molecule has 1 saturated carbocycles. The quantitative estimate of drug-likeness (QED) is 0.780. The van der Waals surface area contributed by atoms with E-state index in [2.05, 4.69) is 57.4 Å². The van der Waals surface area contributed by atoms with Crippen molar-refractivity contribution >= 4 is 0 Å². The lowest BCUT2D eigenvalue weighted by Gasteiger charge is -2.44. The Morgan fingerprint density at radius 3 is 2.37 bits per heavy atom. The maximum Gasteiger partial charge on any atom is 0.0357 e. The van der Waals surface area contributed by atoms with E-state index in [-0.39, 0.29) is 0 Å². The lowest BCUT2D eigenvalue weighted by atomic mass is 9.62. The topological polar surface area (TPSA) is 12.0 Å². The molecule has 1 N–H and O–H groups in total. The third-order valence-corrected chi connectivity index (χ3v) is 5.50. The summed E-state index contributed by atoms with van der Waals surface area (Å²) in [5, 5.41) is 3.62. The number of benzene rings is 1. The van der Waals surface area contributed by atoms with Crippen LogP contribution in [0.4, 0.5) is 0 Å². The molecular formula is C18H27N. The predicted octanol–water partition coefficient (Wildman–Crippen LogP) is 4.51. The van der Waals surface area contributed by atoms with Gasteiger partial charge in [-0.05, 0) is 54.2 Å². The number of rotatable bonds is 1. The summed E-state index contributed by atoms with van der Waals surface area (Å²) in [6, 6.07) is 9.69. The lowest BCUT2D eigenvalue weighted by Crippen LogP contribution is -2.38. The average Bonchev–Trinajstić information content (AvgIpc) is 2.71. The van der Waals surface area contributed by atoms with Crippen LogP contribution in [-0.2, 0) is 0 Å². The van der Waals surface area contributed by atoms with Gasteiger partial charge in [-0.2, -0.15) is 0 Å². The summed E-state index contributed by atoms with van der Waals surface area (Å²) in [5.41, 5.74) is 3.61. The SMILES string of the molecule is CNC1c2ccccc2C2CCCC(C(C)(C)C)C21. The van der Waals surface area contributed by atoms with E-state index in [1.165, 1.54) is 19.3 Å². The second kappa shape index (κ2) is 4.63. The summed E-state index contributed by atoms with van der Waals surface area (Å²) in [4.78, 5) is 0. The minimum Gasteiger partial charge on any atom is -0.313 e. The van der Waals surface area contributed by atoms with E-state index in [1.807, 2.05) is 0 Å². The van der Waals surface area contributed by atoms with Crippen molar-refractivity contribution in [3.8, 4) is 0 Å². The molecule has 0 radical (unpaired) electrons. The largest absolute Gasteiger partial charge is 0.313 e. The highest BCUT2D eigenvalue weighted by Gasteiger charge is 2.48. The summed E-state index contributed by atoms with van der Waals surface area (Å²) in [7, 11) is 2.14. The van der Waals surface area contributed by atoms with Gasteiger partial charge in [0.15, 0.2) is 0 Å². The Kier molecular flexibility index (Phi) is 3.21. The molecule has 0 aromatic heterocycles. The molecule has 2 aliphatic carbocycles. The van der Waals surface area contributed by atoms with E-state index < -0.39 is 0 Å². The second-order valence-corrected chi connectivity index (χ2v) is 7.48. The summed E-state index contributed by atoms with van der Waals surface area (Å²) in [6.45, 7) is 7.28. The molecule has 0 spiro atoms. The second-order valence-electron chi connectivity index (χ2n) is 7.48. The standard InChI is InChI=1S/C18H27N/c1-18(2,3)15-11-7-10-13-12-8-5-6-9-14(12)17(19-4)16(13)15/h5-6,8-9,13,15-17,19H,7,10-11H2,1-4H3. The molecule has 0 saturated heterocycles. The first kappa shape index (κ1) is 13.2. The molecule has 19 heavy (non-hydrogen) atoms. The predicted molar refractivity (Wildman–Crippen MR) is 81.3 cm³/mol. The molecule has 0 bridgehead atoms. The molecule has 0 amide bonds. The van der Waals surface area contributed by atoms with Crippen molar-refractivity contribution in [2.24, 2.45) is 17.3 Å². The van der Waals surface area contributed by atoms with Crippen molar-refractivity contribution in [1.82, 2.24) is 5.32 Å². The Hall–Kier alpha value is -0.820. The van der Waals surface area contributed by atoms with Gasteiger partial charge in [0.2, 0.25) is 0 Å². The zero-order chi connectivity index (χ0) is 13.6. The van der Waals surface area contributed by atoms with Crippen LogP contribution in [0.15, 0.2) is 24.3 Å². The van der Waals surface area contributed by atoms with Crippen LogP contribution in [0.1, 0.15) is 63.1 Å². The monoisotopic (exact) mass is 257 g/mol. The van der Waals surface area contributed by atoms with Crippen molar-refractivity contribution in [3.63, 3.8) is 0 Å². The van der Waals surface area contributed by atoms with E-state index in [9.17, 15) is 0 Å². The van der Waals surface area contributed by atoms with Crippen LogP contribution >= 0.6 is 0 Å². The zero-order valence-corrected chi connectivity index (χ0v) is 12.7. The molecule has 4 unspecified atom stereocenters. The zero-order valence-electron chi connectivity index (χ0n) is 12.7. The number of hydrogen-bond donors (Lipinski definition) is 1. The first-order valence-corrected chi connectivity index (χ1v) is 7.80. The van der Waals surface area contributed by atoms with E-state index in [0.717, 1.165) is 17.8 Å². The fourth-order valence-corrected chi connectivity index (χ4v) is 4.75. The fourth-order valence-electron chi connectivity index (χ4n) is 4.75. The summed E-state index contributed by atoms with van der Waals surface area (Å²) in [5.74, 6) is 2.40. The van der Waals surface area contributed by atoms with E-state index in [0.29, 0.717) is 11.5 Å². The van der Waals surface area contributed by atoms with Crippen LogP contribution in [0.25, 0.3) is 0 Å². The van der Waals surface area contributed by atoms with Crippen LogP contribution in [0, 0.1) is 17.3 Å². The highest BCUT2D eigenvalue weighted by atomic mass is 14.9. The van der Waals surface area contributed by atoms with Gasteiger partial charge < -0.3 is 5.32 Å². The molecule has 1 aromatic carbocycles. The van der Waals surface area contributed by atoms with Gasteiger partial charge in [-0.1, -0.05) is 51.5 Å². The number of nitrogens with one attached hydrogen (secondary N) is 1. The van der Waals surface area contributed by atoms with Gasteiger partial charge in [-0.25, -0.2) is 0 Å². The molecule has 104 valence electrons. The van der Waals surface area contributed by atoms with Crippen molar-refractivity contribution < 1.29 is 0 Å². The molecule has 1 heteroatoms. The van der Waals surface area contributed by atoms with Crippen molar-refractivity contribution in [2.75, 3.05) is 7.05 Å². The van der Waals surface area contributed by atoms with Crippen LogP contribution < -0.4 is 5.32 Å². The normalized spacial score (nSPS) is 33.9. The summed E-state index contributed by atoms with van der Waals surface area (Å²) < 4.78 is 0. The Morgan fingerprint density at radius 2 is 1.74 bits per heavy atom. The maximum atomic E-state index is 3.62. The minimum atomic E-state index is 0.417. The first-order valence-electron chi connectivity index (χ1n) is 7.80. The van der Waals surface area contributed by atoms with E-state index >= 15 is 0 Å². The number of hydrogen-bond acceptors (Lipinski definition) is 1. The smallest absolute Gasteiger partial charge is 0.0357 e. The van der Waals surface area contributed by atoms with Crippen LogP contribution in [0.3, 0.4) is 0 Å². The van der Waals surface area contributed by atoms with Gasteiger partial charge in [-0.15, -0.1) is 0 Å². The van der Waals surface area contributed by atoms with E-state index in [4.69, 9.17) is 0 Å². The van der Waals surface area contributed by atoms with Crippen LogP contribution in [-0.4, -0.2) is 7.05 Å². The fraction of sp³-hybridized carbons (Fsp3) is 0.667. The molecule has 4 atom stereocenters. The Morgan fingerprint density at radius 1 is 1.05 bits per heavy atom. The van der Waals surface area contributed by atoms with Crippen LogP contribution in [0.5, 0.6) is 0 Å². The third-order valence-electron chi connectivity index (χ3n) is 5.50. The Balaban J connectivity index is 2.04. The minimum absolute atomic E-state index is 0.417. The number of fused-ring (bicyclic) bond motifs is 3. The van der Waals surface area contributed by atoms with E-state index in [1.54, 1.807) is 11.1 Å². The molecule has 3 rings (SSSR count). The molecule has 0 heterocycles. The van der Waals surface area contributed by atoms with Gasteiger partial charge in [0, 0.05) is 6.04 Å². The van der Waals surface area contributed by atoms with Gasteiger partial charge >= 0.3 is 0 Å².